The molecule has 0 saturated carbocycles. The standard InChI is InChI=1S/C27H37N7O2/c1-3-32-13-6-8-21(32)18-29-27(35)26-23-20-31(15-11-24(23)34(30-26)16-17-36-2)19-22-9-7-14-33(22)25-10-4-5-12-28-25/h4-5,7,9-10,12,14,21H,3,6,8,11,13,15-20H2,1-2H3,(H,29,35). The lowest BCUT2D eigenvalue weighted by Crippen LogP contribution is -2.40. The van der Waals surface area contributed by atoms with Crippen LogP contribution in [0.5, 0.6) is 0 Å². The van der Waals surface area contributed by atoms with Gasteiger partial charge in [-0.1, -0.05) is 13.0 Å². The smallest absolute Gasteiger partial charge is 0.272 e. The van der Waals surface area contributed by atoms with Gasteiger partial charge in [0, 0.05) is 75.1 Å². The van der Waals surface area contributed by atoms with Crippen molar-refractivity contribution in [3.05, 3.63) is 65.4 Å². The maximum Gasteiger partial charge on any atom is 0.272 e. The van der Waals surface area contributed by atoms with Crippen LogP contribution in [0.15, 0.2) is 42.7 Å². The van der Waals surface area contributed by atoms with Crippen LogP contribution in [0, 0.1) is 0 Å². The summed E-state index contributed by atoms with van der Waals surface area (Å²) in [6.45, 7) is 8.62. The first-order valence-electron chi connectivity index (χ1n) is 13.1. The van der Waals surface area contributed by atoms with E-state index in [1.165, 1.54) is 12.1 Å². The summed E-state index contributed by atoms with van der Waals surface area (Å²) in [7, 11) is 1.70. The zero-order valence-corrected chi connectivity index (χ0v) is 21.4. The third kappa shape index (κ3) is 5.23. The summed E-state index contributed by atoms with van der Waals surface area (Å²) in [6, 6.07) is 10.6. The number of aromatic nitrogens is 4. The van der Waals surface area contributed by atoms with Crippen molar-refractivity contribution in [1.29, 1.82) is 0 Å². The Kier molecular flexibility index (Phi) is 7.79. The molecular formula is C27H37N7O2. The predicted molar refractivity (Wildman–Crippen MR) is 138 cm³/mol. The lowest BCUT2D eigenvalue weighted by Gasteiger charge is -2.28. The van der Waals surface area contributed by atoms with Gasteiger partial charge in [0.25, 0.3) is 5.91 Å². The zero-order chi connectivity index (χ0) is 24.9. The third-order valence-corrected chi connectivity index (χ3v) is 7.45. The number of likely N-dealkylation sites (tertiary alicyclic amines) is 1. The summed E-state index contributed by atoms with van der Waals surface area (Å²) >= 11 is 0. The molecule has 5 rings (SSSR count). The Hall–Kier alpha value is -3.01. The van der Waals surface area contributed by atoms with E-state index in [9.17, 15) is 4.79 Å². The van der Waals surface area contributed by atoms with Gasteiger partial charge in [-0.2, -0.15) is 5.10 Å². The second-order valence-corrected chi connectivity index (χ2v) is 9.64. The number of nitrogens with one attached hydrogen (secondary N) is 1. The minimum absolute atomic E-state index is 0.0657. The van der Waals surface area contributed by atoms with Gasteiger partial charge in [-0.05, 0) is 50.2 Å². The Morgan fingerprint density at radius 1 is 1.22 bits per heavy atom. The van der Waals surface area contributed by atoms with E-state index < -0.39 is 0 Å². The fourth-order valence-corrected chi connectivity index (χ4v) is 5.56. The van der Waals surface area contributed by atoms with Crippen molar-refractivity contribution in [3.63, 3.8) is 0 Å². The van der Waals surface area contributed by atoms with Crippen LogP contribution in [-0.4, -0.2) is 81.0 Å². The SMILES string of the molecule is CCN1CCCC1CNC(=O)c1nn(CCOC)c2c1CN(Cc1cccn1-c1ccccn1)CC2. The minimum atomic E-state index is -0.0657. The van der Waals surface area contributed by atoms with Crippen LogP contribution in [-0.2, 0) is 30.8 Å². The van der Waals surface area contributed by atoms with Gasteiger partial charge in [0.05, 0.1) is 13.2 Å². The van der Waals surface area contributed by atoms with Crippen molar-refractivity contribution in [1.82, 2.24) is 34.4 Å². The molecule has 3 aromatic rings. The number of hydrogen-bond donors (Lipinski definition) is 1. The van der Waals surface area contributed by atoms with Crippen molar-refractivity contribution in [2.45, 2.75) is 51.9 Å². The number of pyridine rings is 1. The highest BCUT2D eigenvalue weighted by atomic mass is 16.5. The minimum Gasteiger partial charge on any atom is -0.383 e. The fourth-order valence-electron chi connectivity index (χ4n) is 5.56. The highest BCUT2D eigenvalue weighted by Crippen LogP contribution is 2.25. The largest absolute Gasteiger partial charge is 0.383 e. The van der Waals surface area contributed by atoms with E-state index in [-0.39, 0.29) is 5.91 Å². The van der Waals surface area contributed by atoms with Crippen LogP contribution in [0.3, 0.4) is 0 Å². The molecule has 0 bridgehead atoms. The van der Waals surface area contributed by atoms with Crippen LogP contribution in [0.1, 0.15) is 47.2 Å². The molecule has 1 saturated heterocycles. The van der Waals surface area contributed by atoms with Gasteiger partial charge < -0.3 is 14.6 Å². The molecule has 2 aliphatic rings. The van der Waals surface area contributed by atoms with Gasteiger partial charge in [-0.25, -0.2) is 4.98 Å². The van der Waals surface area contributed by atoms with Gasteiger partial charge in [-0.3, -0.25) is 19.3 Å². The number of nitrogens with zero attached hydrogens (tertiary/aromatic N) is 6. The van der Waals surface area contributed by atoms with Crippen molar-refractivity contribution in [2.75, 3.05) is 39.9 Å². The summed E-state index contributed by atoms with van der Waals surface area (Å²) < 4.78 is 9.42. The Morgan fingerprint density at radius 3 is 2.94 bits per heavy atom. The number of methoxy groups -OCH3 is 1. The average Bonchev–Trinajstić information content (AvgIpc) is 3.65. The molecule has 192 valence electrons. The molecule has 1 unspecified atom stereocenters. The number of amides is 1. The first kappa shape index (κ1) is 24.7. The number of fused-ring (bicyclic) bond motifs is 1. The molecule has 1 atom stereocenters. The van der Waals surface area contributed by atoms with Crippen molar-refractivity contribution in [2.24, 2.45) is 0 Å². The molecule has 1 fully saturated rings. The van der Waals surface area contributed by atoms with E-state index in [2.05, 4.69) is 49.9 Å². The Bertz CT molecular complexity index is 1160. The Balaban J connectivity index is 1.33. The number of ether oxygens (including phenoxy) is 1. The van der Waals surface area contributed by atoms with Crippen molar-refractivity contribution < 1.29 is 9.53 Å². The second kappa shape index (κ2) is 11.4. The maximum atomic E-state index is 13.4. The summed E-state index contributed by atoms with van der Waals surface area (Å²) in [6.07, 6.45) is 7.06. The number of hydrogen-bond acceptors (Lipinski definition) is 6. The number of rotatable bonds is 10. The van der Waals surface area contributed by atoms with Crippen LogP contribution < -0.4 is 5.32 Å². The van der Waals surface area contributed by atoms with E-state index in [0.29, 0.717) is 38.0 Å². The van der Waals surface area contributed by atoms with Gasteiger partial charge in [0.1, 0.15) is 5.82 Å². The molecule has 0 aromatic carbocycles. The maximum absolute atomic E-state index is 13.4. The molecule has 9 heteroatoms. The quantitative estimate of drug-likeness (QED) is 0.469. The topological polar surface area (TPSA) is 80.5 Å². The Labute approximate surface area is 213 Å². The van der Waals surface area contributed by atoms with Crippen LogP contribution in [0.4, 0.5) is 0 Å². The molecule has 1 N–H and O–H groups in total. The van der Waals surface area contributed by atoms with Crippen LogP contribution >= 0.6 is 0 Å². The molecule has 9 nitrogen and oxygen atoms in total. The molecule has 0 radical (unpaired) electrons. The highest BCUT2D eigenvalue weighted by molar-refractivity contribution is 5.94. The van der Waals surface area contributed by atoms with E-state index in [4.69, 9.17) is 9.84 Å². The van der Waals surface area contributed by atoms with E-state index in [1.54, 1.807) is 7.11 Å². The summed E-state index contributed by atoms with van der Waals surface area (Å²) in [5.74, 6) is 0.847. The van der Waals surface area contributed by atoms with E-state index >= 15 is 0 Å². The van der Waals surface area contributed by atoms with Crippen LogP contribution in [0.2, 0.25) is 0 Å². The molecular weight excluding hydrogens is 454 g/mol. The molecule has 5 heterocycles. The monoisotopic (exact) mass is 491 g/mol. The third-order valence-electron chi connectivity index (χ3n) is 7.45. The molecule has 0 aliphatic carbocycles. The van der Waals surface area contributed by atoms with E-state index in [0.717, 1.165) is 56.1 Å². The van der Waals surface area contributed by atoms with Gasteiger partial charge in [-0.15, -0.1) is 0 Å². The lowest BCUT2D eigenvalue weighted by atomic mass is 10.0. The number of carbonyl (C=O) groups excluding carboxylic acids is 1. The highest BCUT2D eigenvalue weighted by Gasteiger charge is 2.30. The van der Waals surface area contributed by atoms with Crippen molar-refractivity contribution in [3.8, 4) is 5.82 Å². The summed E-state index contributed by atoms with van der Waals surface area (Å²) in [5.41, 5.74) is 3.94. The fraction of sp³-hybridized carbons (Fsp3) is 0.519. The molecule has 2 aliphatic heterocycles. The molecule has 3 aromatic heterocycles. The first-order chi connectivity index (χ1) is 17.7. The Morgan fingerprint density at radius 2 is 2.14 bits per heavy atom. The predicted octanol–water partition coefficient (Wildman–Crippen LogP) is 2.49. The van der Waals surface area contributed by atoms with E-state index in [1.807, 2.05) is 29.1 Å². The van der Waals surface area contributed by atoms with Crippen molar-refractivity contribution >= 4 is 5.91 Å². The van der Waals surface area contributed by atoms with Gasteiger partial charge in [0.2, 0.25) is 0 Å². The molecule has 36 heavy (non-hydrogen) atoms. The van der Waals surface area contributed by atoms with Gasteiger partial charge in [0.15, 0.2) is 5.69 Å². The number of likely N-dealkylation sites (N-methyl/N-ethyl adjacent to an activating group) is 1. The first-order valence-corrected chi connectivity index (χ1v) is 13.1. The van der Waals surface area contributed by atoms with Crippen LogP contribution in [0.25, 0.3) is 5.82 Å². The number of carbonyl (C=O) groups is 1. The lowest BCUT2D eigenvalue weighted by molar-refractivity contribution is 0.0932. The zero-order valence-electron chi connectivity index (χ0n) is 21.4. The average molecular weight is 492 g/mol. The summed E-state index contributed by atoms with van der Waals surface area (Å²) in [4.78, 5) is 22.7. The normalized spacial score (nSPS) is 18.4. The molecule has 0 spiro atoms. The van der Waals surface area contributed by atoms with Gasteiger partial charge >= 0.3 is 0 Å². The summed E-state index contributed by atoms with van der Waals surface area (Å²) in [5, 5.41) is 7.98. The molecule has 1 amide bonds. The second-order valence-electron chi connectivity index (χ2n) is 9.64.